The summed E-state index contributed by atoms with van der Waals surface area (Å²) in [5, 5.41) is 7.05. The number of fused-ring (bicyclic) bond motifs is 4. The maximum atomic E-state index is 11.4. The molecule has 0 spiro atoms. The van der Waals surface area contributed by atoms with Gasteiger partial charge in [0.2, 0.25) is 7.49 Å². The van der Waals surface area contributed by atoms with Crippen molar-refractivity contribution in [3.8, 4) is 55.9 Å². The van der Waals surface area contributed by atoms with Crippen molar-refractivity contribution < 1.29 is 4.89 Å². The number of aromatic nitrogens is 3. The second-order valence-corrected chi connectivity index (χ2v) is 13.7. The highest BCUT2D eigenvalue weighted by Gasteiger charge is 2.46. The minimum Gasteiger partial charge on any atom is -0.241 e. The summed E-state index contributed by atoms with van der Waals surface area (Å²) in [7, 11) is -2.32. The van der Waals surface area contributed by atoms with Crippen LogP contribution in [0, 0.1) is 0 Å². The maximum absolute atomic E-state index is 11.4. The lowest BCUT2D eigenvalue weighted by Crippen LogP contribution is -2.14. The van der Waals surface area contributed by atoms with E-state index in [1.54, 1.807) is 0 Å². The zero-order valence-corrected chi connectivity index (χ0v) is 23.9. The Hall–Kier alpha value is -4.89. The van der Waals surface area contributed by atoms with Gasteiger partial charge >= 0.3 is 0 Å². The molecule has 2 aromatic heterocycles. The van der Waals surface area contributed by atoms with Crippen molar-refractivity contribution >= 4 is 23.7 Å². The molecule has 200 valence electrons. The normalized spacial score (nSPS) is 15.5. The molecule has 42 heavy (non-hydrogen) atoms. The third-order valence-electron chi connectivity index (χ3n) is 8.23. The van der Waals surface area contributed by atoms with Crippen LogP contribution >= 0.6 is 7.49 Å². The van der Waals surface area contributed by atoms with E-state index in [4.69, 9.17) is 10.1 Å². The fourth-order valence-electron chi connectivity index (χ4n) is 6.06. The molecule has 0 saturated carbocycles. The van der Waals surface area contributed by atoms with Crippen LogP contribution in [0.1, 0.15) is 0 Å². The van der Waals surface area contributed by atoms with Gasteiger partial charge in [-0.05, 0) is 46.5 Å². The molecular formula is C37H27N3OP+. The molecule has 0 saturated heterocycles. The predicted octanol–water partition coefficient (Wildman–Crippen LogP) is 7.88. The first kappa shape index (κ1) is 24.9. The molecule has 5 aromatic carbocycles. The van der Waals surface area contributed by atoms with E-state index < -0.39 is 7.49 Å². The van der Waals surface area contributed by atoms with Crippen LogP contribution in [-0.2, 0) is 0 Å². The maximum Gasteiger partial charge on any atom is 0.204 e. The Bertz CT molecular complexity index is 2100. The molecular weight excluding hydrogens is 533 g/mol. The largest absolute Gasteiger partial charge is 0.241 e. The number of hydrogen-bond acceptors (Lipinski definition) is 3. The summed E-state index contributed by atoms with van der Waals surface area (Å²) in [5.41, 5.74) is 10.7. The third-order valence-corrected chi connectivity index (χ3v) is 10.9. The number of pyridine rings is 1. The topological polar surface area (TPSA) is 50.4 Å². The molecule has 3 heterocycles. The first-order chi connectivity index (χ1) is 20.6. The molecule has 1 atom stereocenters. The smallest absolute Gasteiger partial charge is 0.204 e. The fourth-order valence-corrected chi connectivity index (χ4v) is 8.38. The van der Waals surface area contributed by atoms with Gasteiger partial charge in [0.05, 0.1) is 6.66 Å². The Balaban J connectivity index is 1.19. The number of hydrogen-bond donors (Lipinski definition) is 1. The van der Waals surface area contributed by atoms with Gasteiger partial charge in [-0.25, -0.2) is 14.4 Å². The van der Waals surface area contributed by atoms with Crippen molar-refractivity contribution in [1.29, 1.82) is 0 Å². The lowest BCUT2D eigenvalue weighted by atomic mass is 9.98. The number of nitrogens with zero attached hydrogens (tertiary/aromatic N) is 3. The van der Waals surface area contributed by atoms with Crippen LogP contribution in [0.15, 0.2) is 140 Å². The van der Waals surface area contributed by atoms with Gasteiger partial charge in [-0.3, -0.25) is 0 Å². The number of rotatable bonds is 4. The summed E-state index contributed by atoms with van der Waals surface area (Å²) in [6.07, 6.45) is 2.06. The first-order valence-electron chi connectivity index (χ1n) is 14.0. The van der Waals surface area contributed by atoms with E-state index >= 15 is 0 Å². The quantitative estimate of drug-likeness (QED) is 0.223. The fraction of sp³-hybridized carbons (Fsp3) is 0.0270. The Kier molecular flexibility index (Phi) is 5.68. The minimum absolute atomic E-state index is 0.688. The Morgan fingerprint density at radius 3 is 1.86 bits per heavy atom. The van der Waals surface area contributed by atoms with Crippen molar-refractivity contribution in [2.24, 2.45) is 0 Å². The van der Waals surface area contributed by atoms with Crippen LogP contribution in [0.3, 0.4) is 0 Å². The van der Waals surface area contributed by atoms with Gasteiger partial charge in [0, 0.05) is 34.0 Å². The van der Waals surface area contributed by atoms with E-state index in [-0.39, 0.29) is 0 Å². The summed E-state index contributed by atoms with van der Waals surface area (Å²) in [6.45, 7) is 1.99. The molecule has 8 rings (SSSR count). The van der Waals surface area contributed by atoms with E-state index in [2.05, 4.69) is 115 Å². The van der Waals surface area contributed by atoms with Gasteiger partial charge in [0.25, 0.3) is 0 Å². The van der Waals surface area contributed by atoms with Crippen LogP contribution < -0.4 is 10.6 Å². The molecule has 4 nitrogen and oxygen atoms in total. The highest BCUT2D eigenvalue weighted by molar-refractivity contribution is 7.85. The van der Waals surface area contributed by atoms with Crippen LogP contribution in [0.5, 0.6) is 0 Å². The lowest BCUT2D eigenvalue weighted by Gasteiger charge is -2.10. The van der Waals surface area contributed by atoms with Crippen molar-refractivity contribution in [1.82, 2.24) is 14.6 Å². The molecule has 0 bridgehead atoms. The van der Waals surface area contributed by atoms with Gasteiger partial charge < -0.3 is 0 Å². The average Bonchev–Trinajstić information content (AvgIpc) is 3.58. The second-order valence-electron chi connectivity index (χ2n) is 10.9. The third kappa shape index (κ3) is 4.00. The summed E-state index contributed by atoms with van der Waals surface area (Å²) in [4.78, 5) is 16.4. The number of benzene rings is 5. The van der Waals surface area contributed by atoms with Crippen molar-refractivity contribution in [2.45, 2.75) is 0 Å². The minimum atomic E-state index is -2.32. The van der Waals surface area contributed by atoms with Crippen molar-refractivity contribution in [2.75, 3.05) is 6.66 Å². The first-order valence-corrected chi connectivity index (χ1v) is 16.2. The summed E-state index contributed by atoms with van der Waals surface area (Å²) in [5.74, 6) is 0.688. The van der Waals surface area contributed by atoms with Crippen LogP contribution in [-0.4, -0.2) is 26.2 Å². The van der Waals surface area contributed by atoms with E-state index in [0.29, 0.717) is 5.82 Å². The highest BCUT2D eigenvalue weighted by atomic mass is 31.2. The van der Waals surface area contributed by atoms with E-state index in [1.165, 1.54) is 0 Å². The second kappa shape index (κ2) is 9.60. The molecule has 5 heteroatoms. The molecule has 0 radical (unpaired) electrons. The summed E-state index contributed by atoms with van der Waals surface area (Å²) >= 11 is 0. The monoisotopic (exact) mass is 560 g/mol. The molecule has 0 amide bonds. The molecule has 1 unspecified atom stereocenters. The molecule has 7 aromatic rings. The Labute approximate surface area is 245 Å². The van der Waals surface area contributed by atoms with Crippen molar-refractivity contribution in [3.63, 3.8) is 0 Å². The highest BCUT2D eigenvalue weighted by Crippen LogP contribution is 2.57. The molecule has 1 aliphatic heterocycles. The van der Waals surface area contributed by atoms with Crippen LogP contribution in [0.4, 0.5) is 0 Å². The lowest BCUT2D eigenvalue weighted by molar-refractivity contribution is 0.630. The molecule has 1 N–H and O–H groups in total. The summed E-state index contributed by atoms with van der Waals surface area (Å²) < 4.78 is 1.90. The zero-order valence-electron chi connectivity index (χ0n) is 23.0. The van der Waals surface area contributed by atoms with Gasteiger partial charge in [-0.1, -0.05) is 109 Å². The SMILES string of the molecule is C[P+]1(O)c2ccccc2-c2cc(-c3ccc(-c4nc5c(-c6ccccc6)cc(-c6ccccc6)cn5n4)cc3)ccc21. The van der Waals surface area contributed by atoms with E-state index in [0.717, 1.165) is 66.3 Å². The Morgan fingerprint density at radius 1 is 0.524 bits per heavy atom. The predicted molar refractivity (Wildman–Crippen MR) is 174 cm³/mol. The molecule has 0 fully saturated rings. The van der Waals surface area contributed by atoms with Crippen molar-refractivity contribution in [3.05, 3.63) is 140 Å². The molecule has 0 aliphatic carbocycles. The van der Waals surface area contributed by atoms with Gasteiger partial charge in [0.1, 0.15) is 10.6 Å². The van der Waals surface area contributed by atoms with Gasteiger partial charge in [0.15, 0.2) is 11.5 Å². The average molecular weight is 561 g/mol. The summed E-state index contributed by atoms with van der Waals surface area (Å²) in [6, 6.07) is 46.1. The van der Waals surface area contributed by atoms with E-state index in [1.807, 2.05) is 35.4 Å². The van der Waals surface area contributed by atoms with E-state index in [9.17, 15) is 4.89 Å². The van der Waals surface area contributed by atoms with Gasteiger partial charge in [-0.15, -0.1) is 5.10 Å². The van der Waals surface area contributed by atoms with Crippen LogP contribution in [0.25, 0.3) is 61.5 Å². The standard InChI is InChI=1S/C37H27N3OP/c1-42(41)34-15-9-8-14-31(34)33-22-29(20-21-35(33)42)26-16-18-28(19-17-26)36-38-37-32(27-12-6-3-7-13-27)23-30(24-40(37)39-36)25-10-4-2-5-11-25/h2-24,41H,1H3/q+1. The Morgan fingerprint density at radius 2 is 1.10 bits per heavy atom. The van der Waals surface area contributed by atoms with Crippen LogP contribution in [0.2, 0.25) is 0 Å². The molecule has 1 aliphatic rings. The van der Waals surface area contributed by atoms with Gasteiger partial charge in [-0.2, -0.15) is 0 Å². The zero-order chi connectivity index (χ0) is 28.3.